The third kappa shape index (κ3) is 3.99. The number of hydrogen-bond acceptors (Lipinski definition) is 5. The molecule has 1 aliphatic rings. The molecule has 0 saturated heterocycles. The molecular weight excluding hydrogens is 260 g/mol. The molecule has 0 amide bonds. The minimum Gasteiger partial charge on any atom is -0.487 e. The van der Waals surface area contributed by atoms with Crippen molar-refractivity contribution in [1.82, 2.24) is 0 Å². The molecule has 0 N–H and O–H groups in total. The third-order valence-corrected chi connectivity index (χ3v) is 2.70. The van der Waals surface area contributed by atoms with Crippen molar-refractivity contribution in [2.45, 2.75) is 13.5 Å². The van der Waals surface area contributed by atoms with Gasteiger partial charge in [-0.2, -0.15) is 0 Å². The summed E-state index contributed by atoms with van der Waals surface area (Å²) in [5.74, 6) is 0.906. The first-order valence-corrected chi connectivity index (χ1v) is 6.46. The average Bonchev–Trinajstić information content (AvgIpc) is 2.55. The molecule has 0 fully saturated rings. The predicted octanol–water partition coefficient (Wildman–Crippen LogP) is 2.09. The van der Waals surface area contributed by atoms with E-state index in [9.17, 15) is 4.79 Å². The number of carbonyl (C=O) groups excluding carboxylic acids is 1. The van der Waals surface area contributed by atoms with Gasteiger partial charge in [-0.05, 0) is 24.6 Å². The molecule has 0 atom stereocenters. The van der Waals surface area contributed by atoms with Crippen molar-refractivity contribution in [3.05, 3.63) is 35.9 Å². The van der Waals surface area contributed by atoms with Crippen LogP contribution in [0.5, 0.6) is 11.5 Å². The number of benzene rings is 1. The van der Waals surface area contributed by atoms with E-state index in [1.165, 1.54) is 0 Å². The molecule has 0 bridgehead atoms. The molecule has 20 heavy (non-hydrogen) atoms. The summed E-state index contributed by atoms with van der Waals surface area (Å²) >= 11 is 0. The molecule has 1 heterocycles. The standard InChI is InChI=1S/C15H18O5/c1-11(2)15(16)20-10-12-3-4-13-14(9-12)19-8-6-17-5-7-18-13/h3-4,9H,1,5-8,10H2,2H3. The van der Waals surface area contributed by atoms with Crippen molar-refractivity contribution in [2.75, 3.05) is 26.4 Å². The molecule has 1 aromatic carbocycles. The smallest absolute Gasteiger partial charge is 0.333 e. The van der Waals surface area contributed by atoms with Crippen LogP contribution in [0.1, 0.15) is 12.5 Å². The molecule has 5 nitrogen and oxygen atoms in total. The van der Waals surface area contributed by atoms with Crippen molar-refractivity contribution in [3.8, 4) is 11.5 Å². The maximum Gasteiger partial charge on any atom is 0.333 e. The van der Waals surface area contributed by atoms with Gasteiger partial charge in [-0.15, -0.1) is 0 Å². The zero-order valence-corrected chi connectivity index (χ0v) is 11.5. The minimum atomic E-state index is -0.404. The van der Waals surface area contributed by atoms with Gasteiger partial charge in [-0.3, -0.25) is 0 Å². The van der Waals surface area contributed by atoms with E-state index in [1.807, 2.05) is 18.2 Å². The molecule has 0 unspecified atom stereocenters. The van der Waals surface area contributed by atoms with E-state index in [0.717, 1.165) is 5.56 Å². The highest BCUT2D eigenvalue weighted by Crippen LogP contribution is 2.29. The zero-order chi connectivity index (χ0) is 14.4. The van der Waals surface area contributed by atoms with Gasteiger partial charge < -0.3 is 18.9 Å². The van der Waals surface area contributed by atoms with E-state index < -0.39 is 5.97 Å². The SMILES string of the molecule is C=C(C)C(=O)OCc1ccc2c(c1)OCCOCCO2. The molecule has 0 radical (unpaired) electrons. The first kappa shape index (κ1) is 14.4. The second-order valence-electron chi connectivity index (χ2n) is 4.45. The van der Waals surface area contributed by atoms with Gasteiger partial charge in [0, 0.05) is 5.57 Å². The van der Waals surface area contributed by atoms with Crippen LogP contribution in [-0.4, -0.2) is 32.4 Å². The number of carbonyl (C=O) groups is 1. The lowest BCUT2D eigenvalue weighted by molar-refractivity contribution is -0.140. The van der Waals surface area contributed by atoms with Crippen LogP contribution in [0.25, 0.3) is 0 Å². The van der Waals surface area contributed by atoms with Crippen LogP contribution in [0, 0.1) is 0 Å². The van der Waals surface area contributed by atoms with E-state index >= 15 is 0 Å². The molecule has 0 spiro atoms. The first-order chi connectivity index (χ1) is 9.66. The van der Waals surface area contributed by atoms with Gasteiger partial charge in [-0.25, -0.2) is 4.79 Å². The number of rotatable bonds is 3. The summed E-state index contributed by atoms with van der Waals surface area (Å²) in [6, 6.07) is 5.46. The molecule has 1 aromatic rings. The Balaban J connectivity index is 2.05. The van der Waals surface area contributed by atoms with Gasteiger partial charge in [0.25, 0.3) is 0 Å². The highest BCUT2D eigenvalue weighted by molar-refractivity contribution is 5.86. The van der Waals surface area contributed by atoms with E-state index in [-0.39, 0.29) is 6.61 Å². The largest absolute Gasteiger partial charge is 0.487 e. The lowest BCUT2D eigenvalue weighted by Crippen LogP contribution is -2.08. The topological polar surface area (TPSA) is 54.0 Å². The van der Waals surface area contributed by atoms with Gasteiger partial charge in [0.2, 0.25) is 0 Å². The van der Waals surface area contributed by atoms with Gasteiger partial charge in [0.15, 0.2) is 11.5 Å². The van der Waals surface area contributed by atoms with E-state index in [1.54, 1.807) is 6.92 Å². The fourth-order valence-corrected chi connectivity index (χ4v) is 1.67. The Kier molecular flexibility index (Phi) is 5.01. The van der Waals surface area contributed by atoms with Crippen LogP contribution < -0.4 is 9.47 Å². The van der Waals surface area contributed by atoms with Crippen molar-refractivity contribution >= 4 is 5.97 Å². The molecule has 5 heteroatoms. The highest BCUT2D eigenvalue weighted by atomic mass is 16.6. The van der Waals surface area contributed by atoms with Crippen LogP contribution in [0.4, 0.5) is 0 Å². The Bertz CT molecular complexity index is 495. The van der Waals surface area contributed by atoms with E-state index in [2.05, 4.69) is 6.58 Å². The van der Waals surface area contributed by atoms with Gasteiger partial charge in [0.05, 0.1) is 13.2 Å². The minimum absolute atomic E-state index is 0.179. The van der Waals surface area contributed by atoms with Crippen molar-refractivity contribution in [1.29, 1.82) is 0 Å². The maximum atomic E-state index is 11.4. The summed E-state index contributed by atoms with van der Waals surface area (Å²) in [6.07, 6.45) is 0. The van der Waals surface area contributed by atoms with Gasteiger partial charge in [-0.1, -0.05) is 12.6 Å². The third-order valence-electron chi connectivity index (χ3n) is 2.70. The van der Waals surface area contributed by atoms with Crippen LogP contribution in [0.15, 0.2) is 30.4 Å². The van der Waals surface area contributed by atoms with Crippen LogP contribution in [0.2, 0.25) is 0 Å². The fourth-order valence-electron chi connectivity index (χ4n) is 1.67. The Morgan fingerprint density at radius 2 is 1.90 bits per heavy atom. The van der Waals surface area contributed by atoms with E-state index in [0.29, 0.717) is 43.5 Å². The van der Waals surface area contributed by atoms with E-state index in [4.69, 9.17) is 18.9 Å². The molecule has 2 rings (SSSR count). The Morgan fingerprint density at radius 3 is 2.60 bits per heavy atom. The summed E-state index contributed by atoms with van der Waals surface area (Å²) in [5, 5.41) is 0. The predicted molar refractivity (Wildman–Crippen MR) is 72.9 cm³/mol. The quantitative estimate of drug-likeness (QED) is 0.626. The normalized spacial score (nSPS) is 14.7. The van der Waals surface area contributed by atoms with Gasteiger partial charge >= 0.3 is 5.97 Å². The molecule has 108 valence electrons. The lowest BCUT2D eigenvalue weighted by Gasteiger charge is -2.12. The number of esters is 1. The summed E-state index contributed by atoms with van der Waals surface area (Å²) in [4.78, 5) is 11.4. The Labute approximate surface area is 118 Å². The monoisotopic (exact) mass is 278 g/mol. The Hall–Kier alpha value is -2.01. The summed E-state index contributed by atoms with van der Waals surface area (Å²) in [7, 11) is 0. The number of fused-ring (bicyclic) bond motifs is 1. The van der Waals surface area contributed by atoms with Crippen molar-refractivity contribution in [2.24, 2.45) is 0 Å². The average molecular weight is 278 g/mol. The van der Waals surface area contributed by atoms with Crippen LogP contribution in [-0.2, 0) is 20.9 Å². The number of hydrogen-bond donors (Lipinski definition) is 0. The first-order valence-electron chi connectivity index (χ1n) is 6.46. The Morgan fingerprint density at radius 1 is 1.20 bits per heavy atom. The lowest BCUT2D eigenvalue weighted by atomic mass is 10.2. The number of ether oxygens (including phenoxy) is 4. The molecule has 1 aliphatic heterocycles. The zero-order valence-electron chi connectivity index (χ0n) is 11.5. The van der Waals surface area contributed by atoms with Gasteiger partial charge in [0.1, 0.15) is 19.8 Å². The maximum absolute atomic E-state index is 11.4. The molecule has 0 aliphatic carbocycles. The van der Waals surface area contributed by atoms with Crippen LogP contribution >= 0.6 is 0 Å². The summed E-state index contributed by atoms with van der Waals surface area (Å²) in [6.45, 7) is 7.35. The van der Waals surface area contributed by atoms with Crippen molar-refractivity contribution in [3.63, 3.8) is 0 Å². The fraction of sp³-hybridized carbons (Fsp3) is 0.400. The highest BCUT2D eigenvalue weighted by Gasteiger charge is 2.10. The second kappa shape index (κ2) is 6.96. The summed E-state index contributed by atoms with van der Waals surface area (Å²) in [5.41, 5.74) is 1.21. The molecule has 0 saturated carbocycles. The summed E-state index contributed by atoms with van der Waals surface area (Å²) < 4.78 is 21.5. The second-order valence-corrected chi connectivity index (χ2v) is 4.45. The van der Waals surface area contributed by atoms with Crippen molar-refractivity contribution < 1.29 is 23.7 Å². The van der Waals surface area contributed by atoms with Crippen LogP contribution in [0.3, 0.4) is 0 Å². The molecule has 0 aromatic heterocycles. The molecular formula is C15H18O5.